The van der Waals surface area contributed by atoms with Crippen LogP contribution in [0.25, 0.3) is 10.9 Å². The summed E-state index contributed by atoms with van der Waals surface area (Å²) in [7, 11) is 1.62. The Morgan fingerprint density at radius 2 is 2.10 bits per heavy atom. The van der Waals surface area contributed by atoms with E-state index in [2.05, 4.69) is 10.3 Å². The van der Waals surface area contributed by atoms with Crippen molar-refractivity contribution in [3.63, 3.8) is 0 Å². The highest BCUT2D eigenvalue weighted by molar-refractivity contribution is 5.98. The predicted molar refractivity (Wildman–Crippen MR) is 80.0 cm³/mol. The fraction of sp³-hybridized carbons (Fsp3) is 0.375. The summed E-state index contributed by atoms with van der Waals surface area (Å²) < 4.78 is 5.03. The SMILES string of the molecule is COC[C@@H](C)NC(=O)c1cc2cc(C)ccc2nc1C. The van der Waals surface area contributed by atoms with E-state index in [1.807, 2.05) is 45.0 Å². The molecule has 2 rings (SSSR count). The number of aryl methyl sites for hydroxylation is 2. The van der Waals surface area contributed by atoms with Gasteiger partial charge in [0, 0.05) is 18.5 Å². The molecule has 0 aliphatic carbocycles. The van der Waals surface area contributed by atoms with E-state index in [4.69, 9.17) is 4.74 Å². The lowest BCUT2D eigenvalue weighted by Crippen LogP contribution is -2.36. The van der Waals surface area contributed by atoms with Gasteiger partial charge in [-0.05, 0) is 39.0 Å². The van der Waals surface area contributed by atoms with Crippen molar-refractivity contribution < 1.29 is 9.53 Å². The number of rotatable bonds is 4. The molecule has 0 bridgehead atoms. The van der Waals surface area contributed by atoms with E-state index in [1.165, 1.54) is 0 Å². The highest BCUT2D eigenvalue weighted by Crippen LogP contribution is 2.18. The molecule has 0 spiro atoms. The van der Waals surface area contributed by atoms with Crippen molar-refractivity contribution in [3.8, 4) is 0 Å². The molecule has 4 heteroatoms. The van der Waals surface area contributed by atoms with Gasteiger partial charge in [-0.3, -0.25) is 9.78 Å². The van der Waals surface area contributed by atoms with Gasteiger partial charge in [-0.15, -0.1) is 0 Å². The normalized spacial score (nSPS) is 12.4. The van der Waals surface area contributed by atoms with Gasteiger partial charge in [0.05, 0.1) is 23.4 Å². The van der Waals surface area contributed by atoms with E-state index >= 15 is 0 Å². The molecular formula is C16H20N2O2. The molecule has 0 fully saturated rings. The van der Waals surface area contributed by atoms with Gasteiger partial charge in [0.25, 0.3) is 5.91 Å². The van der Waals surface area contributed by atoms with Crippen LogP contribution in [0.3, 0.4) is 0 Å². The van der Waals surface area contributed by atoms with Gasteiger partial charge < -0.3 is 10.1 Å². The third-order valence-electron chi connectivity index (χ3n) is 3.20. The fourth-order valence-corrected chi connectivity index (χ4v) is 2.22. The molecule has 20 heavy (non-hydrogen) atoms. The Morgan fingerprint density at radius 3 is 2.80 bits per heavy atom. The Morgan fingerprint density at radius 1 is 1.35 bits per heavy atom. The number of hydrogen-bond acceptors (Lipinski definition) is 3. The van der Waals surface area contributed by atoms with Crippen LogP contribution < -0.4 is 5.32 Å². The van der Waals surface area contributed by atoms with Gasteiger partial charge in [0.1, 0.15) is 0 Å². The summed E-state index contributed by atoms with van der Waals surface area (Å²) in [6.07, 6.45) is 0. The quantitative estimate of drug-likeness (QED) is 0.930. The van der Waals surface area contributed by atoms with Gasteiger partial charge in [0.15, 0.2) is 0 Å². The summed E-state index contributed by atoms with van der Waals surface area (Å²) in [6, 6.07) is 7.92. The lowest BCUT2D eigenvalue weighted by atomic mass is 10.1. The second-order valence-corrected chi connectivity index (χ2v) is 5.15. The molecule has 0 unspecified atom stereocenters. The smallest absolute Gasteiger partial charge is 0.253 e. The first kappa shape index (κ1) is 14.5. The summed E-state index contributed by atoms with van der Waals surface area (Å²) in [4.78, 5) is 16.8. The Hall–Kier alpha value is -1.94. The monoisotopic (exact) mass is 272 g/mol. The fourth-order valence-electron chi connectivity index (χ4n) is 2.22. The molecule has 1 aromatic heterocycles. The van der Waals surface area contributed by atoms with Gasteiger partial charge in [-0.25, -0.2) is 0 Å². The van der Waals surface area contributed by atoms with Crippen molar-refractivity contribution in [1.82, 2.24) is 10.3 Å². The first-order valence-electron chi connectivity index (χ1n) is 6.69. The Bertz CT molecular complexity index is 638. The summed E-state index contributed by atoms with van der Waals surface area (Å²) >= 11 is 0. The number of carbonyl (C=O) groups is 1. The minimum absolute atomic E-state index is 0.0277. The van der Waals surface area contributed by atoms with Crippen LogP contribution in [0.4, 0.5) is 0 Å². The van der Waals surface area contributed by atoms with Gasteiger partial charge in [-0.2, -0.15) is 0 Å². The molecule has 1 aromatic carbocycles. The maximum Gasteiger partial charge on any atom is 0.253 e. The number of hydrogen-bond donors (Lipinski definition) is 1. The molecule has 0 radical (unpaired) electrons. The number of amides is 1. The highest BCUT2D eigenvalue weighted by atomic mass is 16.5. The van der Waals surface area contributed by atoms with Crippen molar-refractivity contribution in [3.05, 3.63) is 41.1 Å². The zero-order valence-corrected chi connectivity index (χ0v) is 12.4. The molecule has 4 nitrogen and oxygen atoms in total. The van der Waals surface area contributed by atoms with E-state index in [0.29, 0.717) is 12.2 Å². The van der Waals surface area contributed by atoms with Gasteiger partial charge in [-0.1, -0.05) is 11.6 Å². The number of carbonyl (C=O) groups excluding carboxylic acids is 1. The standard InChI is InChI=1S/C16H20N2O2/c1-10-5-6-15-13(7-10)8-14(12(3)18-15)16(19)17-11(2)9-20-4/h5-8,11H,9H2,1-4H3,(H,17,19)/t11-/m1/s1. The maximum absolute atomic E-state index is 12.3. The Balaban J connectivity index is 2.33. The highest BCUT2D eigenvalue weighted by Gasteiger charge is 2.14. The molecule has 0 aliphatic rings. The second-order valence-electron chi connectivity index (χ2n) is 5.15. The first-order valence-corrected chi connectivity index (χ1v) is 6.69. The van der Waals surface area contributed by atoms with Crippen LogP contribution in [-0.4, -0.2) is 30.6 Å². The van der Waals surface area contributed by atoms with Crippen LogP contribution >= 0.6 is 0 Å². The average molecular weight is 272 g/mol. The first-order chi connectivity index (χ1) is 9.51. The second kappa shape index (κ2) is 6.01. The molecule has 2 aromatic rings. The topological polar surface area (TPSA) is 51.2 Å². The number of benzene rings is 1. The lowest BCUT2D eigenvalue weighted by molar-refractivity contribution is 0.0904. The summed E-state index contributed by atoms with van der Waals surface area (Å²) in [6.45, 7) is 6.29. The zero-order chi connectivity index (χ0) is 14.7. The molecule has 1 heterocycles. The molecule has 106 valence electrons. The number of nitrogens with one attached hydrogen (secondary N) is 1. The van der Waals surface area contributed by atoms with Crippen LogP contribution in [0, 0.1) is 13.8 Å². The summed E-state index contributed by atoms with van der Waals surface area (Å²) in [5.41, 5.74) is 3.42. The number of aromatic nitrogens is 1. The van der Waals surface area contributed by atoms with Crippen molar-refractivity contribution >= 4 is 16.8 Å². The molecule has 1 atom stereocenters. The van der Waals surface area contributed by atoms with Crippen LogP contribution in [-0.2, 0) is 4.74 Å². The van der Waals surface area contributed by atoms with Crippen LogP contribution in [0.15, 0.2) is 24.3 Å². The molecule has 1 amide bonds. The minimum Gasteiger partial charge on any atom is -0.383 e. The number of methoxy groups -OCH3 is 1. The molecular weight excluding hydrogens is 252 g/mol. The third kappa shape index (κ3) is 3.14. The van der Waals surface area contributed by atoms with Crippen molar-refractivity contribution in [2.24, 2.45) is 0 Å². The number of nitrogens with zero attached hydrogens (tertiary/aromatic N) is 1. The molecule has 0 saturated heterocycles. The zero-order valence-electron chi connectivity index (χ0n) is 12.4. The Labute approximate surface area is 119 Å². The third-order valence-corrected chi connectivity index (χ3v) is 3.20. The maximum atomic E-state index is 12.3. The number of pyridine rings is 1. The van der Waals surface area contributed by atoms with E-state index in [0.717, 1.165) is 22.2 Å². The summed E-state index contributed by atoms with van der Waals surface area (Å²) in [5, 5.41) is 3.90. The number of ether oxygens (including phenoxy) is 1. The molecule has 0 aliphatic heterocycles. The lowest BCUT2D eigenvalue weighted by Gasteiger charge is -2.14. The van der Waals surface area contributed by atoms with E-state index in [9.17, 15) is 4.79 Å². The van der Waals surface area contributed by atoms with E-state index < -0.39 is 0 Å². The van der Waals surface area contributed by atoms with Crippen LogP contribution in [0.5, 0.6) is 0 Å². The largest absolute Gasteiger partial charge is 0.383 e. The van der Waals surface area contributed by atoms with E-state index in [1.54, 1.807) is 7.11 Å². The van der Waals surface area contributed by atoms with E-state index in [-0.39, 0.29) is 11.9 Å². The summed E-state index contributed by atoms with van der Waals surface area (Å²) in [5.74, 6) is -0.108. The molecule has 0 saturated carbocycles. The van der Waals surface area contributed by atoms with Crippen molar-refractivity contribution in [2.75, 3.05) is 13.7 Å². The van der Waals surface area contributed by atoms with Crippen LogP contribution in [0.2, 0.25) is 0 Å². The van der Waals surface area contributed by atoms with Gasteiger partial charge in [0.2, 0.25) is 0 Å². The predicted octanol–water partition coefficient (Wildman–Crippen LogP) is 2.62. The average Bonchev–Trinajstić information content (AvgIpc) is 2.38. The Kier molecular flexibility index (Phi) is 4.35. The minimum atomic E-state index is -0.108. The van der Waals surface area contributed by atoms with Crippen LogP contribution in [0.1, 0.15) is 28.5 Å². The molecule has 1 N–H and O–H groups in total. The van der Waals surface area contributed by atoms with Crippen molar-refractivity contribution in [1.29, 1.82) is 0 Å². The number of fused-ring (bicyclic) bond motifs is 1. The van der Waals surface area contributed by atoms with Crippen molar-refractivity contribution in [2.45, 2.75) is 26.8 Å². The van der Waals surface area contributed by atoms with Gasteiger partial charge >= 0.3 is 0 Å².